The fourth-order valence-electron chi connectivity index (χ4n) is 7.78. The molecule has 5 aromatic rings. The summed E-state index contributed by atoms with van der Waals surface area (Å²) in [5, 5.41) is 2.79. The van der Waals surface area contributed by atoms with Crippen molar-refractivity contribution in [3.63, 3.8) is 0 Å². The molecule has 202 valence electrons. The number of rotatable bonds is 3. The molecule has 0 N–H and O–H groups in total. The molecule has 4 aromatic carbocycles. The van der Waals surface area contributed by atoms with Crippen molar-refractivity contribution in [2.75, 3.05) is 18.1 Å². The average Bonchev–Trinajstić information content (AvgIpc) is 3.33. The third-order valence-corrected chi connectivity index (χ3v) is 9.76. The second-order valence-corrected chi connectivity index (χ2v) is 12.3. The Kier molecular flexibility index (Phi) is 5.95. The van der Waals surface area contributed by atoms with E-state index in [0.717, 1.165) is 32.5 Å². The molecular formula is C37H38N2O. The lowest BCUT2D eigenvalue weighted by atomic mass is 9.90. The van der Waals surface area contributed by atoms with E-state index in [1.165, 1.54) is 93.1 Å². The zero-order valence-electron chi connectivity index (χ0n) is 23.5. The molecule has 0 amide bonds. The van der Waals surface area contributed by atoms with Crippen LogP contribution in [-0.4, -0.2) is 23.8 Å². The summed E-state index contributed by atoms with van der Waals surface area (Å²) >= 11 is 0. The van der Waals surface area contributed by atoms with Crippen molar-refractivity contribution in [2.45, 2.75) is 70.4 Å². The van der Waals surface area contributed by atoms with Gasteiger partial charge in [0.1, 0.15) is 0 Å². The molecule has 3 aliphatic rings. The van der Waals surface area contributed by atoms with Crippen LogP contribution >= 0.6 is 0 Å². The lowest BCUT2D eigenvalue weighted by Gasteiger charge is -2.41. The SMILES string of the molecule is Cc1ccc2c3cc(-c4ccc5c(c4)Cc4ccccc4N5C4CCOCC4)ccc3n(C3CCCCC3)c2c1. The van der Waals surface area contributed by atoms with Gasteiger partial charge in [-0.1, -0.05) is 61.7 Å². The third-order valence-electron chi connectivity index (χ3n) is 9.76. The first-order valence-electron chi connectivity index (χ1n) is 15.4. The van der Waals surface area contributed by atoms with Gasteiger partial charge < -0.3 is 14.2 Å². The summed E-state index contributed by atoms with van der Waals surface area (Å²) in [5.41, 5.74) is 12.4. The van der Waals surface area contributed by atoms with Gasteiger partial charge in [-0.25, -0.2) is 0 Å². The number of aryl methyl sites for hydroxylation is 1. The molecule has 8 rings (SSSR count). The highest BCUT2D eigenvalue weighted by atomic mass is 16.5. The Labute approximate surface area is 237 Å². The predicted octanol–water partition coefficient (Wildman–Crippen LogP) is 9.50. The number of aromatic nitrogens is 1. The van der Waals surface area contributed by atoms with Crippen LogP contribution in [0.1, 0.15) is 67.7 Å². The third kappa shape index (κ3) is 3.97. The molecule has 0 bridgehead atoms. The van der Waals surface area contributed by atoms with Crippen LogP contribution in [-0.2, 0) is 11.2 Å². The number of hydrogen-bond acceptors (Lipinski definition) is 2. The molecule has 1 saturated carbocycles. The van der Waals surface area contributed by atoms with Crippen molar-refractivity contribution in [1.82, 2.24) is 4.57 Å². The molecule has 0 radical (unpaired) electrons. The summed E-state index contributed by atoms with van der Waals surface area (Å²) in [7, 11) is 0. The van der Waals surface area contributed by atoms with E-state index in [1.807, 2.05) is 0 Å². The molecule has 3 heterocycles. The molecule has 3 heteroatoms. The molecule has 0 spiro atoms. The maximum Gasteiger partial charge on any atom is 0.0496 e. The largest absolute Gasteiger partial charge is 0.381 e. The van der Waals surface area contributed by atoms with E-state index in [9.17, 15) is 0 Å². The molecule has 3 nitrogen and oxygen atoms in total. The molecule has 1 aliphatic carbocycles. The second-order valence-electron chi connectivity index (χ2n) is 12.3. The highest BCUT2D eigenvalue weighted by Gasteiger charge is 2.30. The van der Waals surface area contributed by atoms with E-state index in [0.29, 0.717) is 12.1 Å². The number of fused-ring (bicyclic) bond motifs is 5. The number of hydrogen-bond donors (Lipinski definition) is 0. The van der Waals surface area contributed by atoms with Crippen LogP contribution in [0.2, 0.25) is 0 Å². The van der Waals surface area contributed by atoms with E-state index in [1.54, 1.807) is 0 Å². The van der Waals surface area contributed by atoms with Crippen LogP contribution in [0.4, 0.5) is 11.4 Å². The van der Waals surface area contributed by atoms with Gasteiger partial charge in [0.05, 0.1) is 0 Å². The minimum atomic E-state index is 0.491. The molecule has 1 saturated heterocycles. The lowest BCUT2D eigenvalue weighted by molar-refractivity contribution is 0.0864. The summed E-state index contributed by atoms with van der Waals surface area (Å²) in [5.74, 6) is 0. The Morgan fingerprint density at radius 2 is 1.40 bits per heavy atom. The summed E-state index contributed by atoms with van der Waals surface area (Å²) < 4.78 is 8.40. The van der Waals surface area contributed by atoms with Crippen molar-refractivity contribution >= 4 is 33.2 Å². The van der Waals surface area contributed by atoms with Crippen molar-refractivity contribution in [2.24, 2.45) is 0 Å². The number of benzene rings is 4. The Morgan fingerprint density at radius 1 is 0.625 bits per heavy atom. The zero-order valence-corrected chi connectivity index (χ0v) is 23.5. The van der Waals surface area contributed by atoms with Crippen LogP contribution in [0.15, 0.2) is 78.9 Å². The molecule has 2 fully saturated rings. The quantitative estimate of drug-likeness (QED) is 0.233. The highest BCUT2D eigenvalue weighted by molar-refractivity contribution is 6.09. The monoisotopic (exact) mass is 526 g/mol. The van der Waals surface area contributed by atoms with Crippen molar-refractivity contribution in [3.8, 4) is 11.1 Å². The Morgan fingerprint density at radius 3 is 2.27 bits per heavy atom. The molecule has 40 heavy (non-hydrogen) atoms. The summed E-state index contributed by atoms with van der Waals surface area (Å²) in [6.07, 6.45) is 9.81. The minimum absolute atomic E-state index is 0.491. The lowest BCUT2D eigenvalue weighted by Crippen LogP contribution is -2.38. The van der Waals surface area contributed by atoms with Gasteiger partial charge in [0.15, 0.2) is 0 Å². The van der Waals surface area contributed by atoms with Gasteiger partial charge in [-0.15, -0.1) is 0 Å². The summed E-state index contributed by atoms with van der Waals surface area (Å²) in [6, 6.07) is 31.6. The normalized spacial score (nSPS) is 18.3. The first-order valence-corrected chi connectivity index (χ1v) is 15.4. The van der Waals surface area contributed by atoms with E-state index in [2.05, 4.69) is 95.3 Å². The maximum absolute atomic E-state index is 5.73. The van der Waals surface area contributed by atoms with Crippen molar-refractivity contribution in [3.05, 3.63) is 95.6 Å². The van der Waals surface area contributed by atoms with Gasteiger partial charge in [0.2, 0.25) is 0 Å². The van der Waals surface area contributed by atoms with Gasteiger partial charge in [-0.3, -0.25) is 0 Å². The number of anilines is 2. The van der Waals surface area contributed by atoms with Gasteiger partial charge in [-0.2, -0.15) is 0 Å². The maximum atomic E-state index is 5.73. The molecule has 1 aromatic heterocycles. The van der Waals surface area contributed by atoms with Gasteiger partial charge in [0.25, 0.3) is 0 Å². The minimum Gasteiger partial charge on any atom is -0.381 e. The number of ether oxygens (including phenoxy) is 1. The van der Waals surface area contributed by atoms with Gasteiger partial charge in [0, 0.05) is 64.9 Å². The average molecular weight is 527 g/mol. The predicted molar refractivity (Wildman–Crippen MR) is 167 cm³/mol. The Balaban J connectivity index is 1.24. The van der Waals surface area contributed by atoms with E-state index in [-0.39, 0.29) is 0 Å². The molecular weight excluding hydrogens is 488 g/mol. The topological polar surface area (TPSA) is 17.4 Å². The fraction of sp³-hybridized carbons (Fsp3) is 0.351. The van der Waals surface area contributed by atoms with E-state index >= 15 is 0 Å². The van der Waals surface area contributed by atoms with Gasteiger partial charge >= 0.3 is 0 Å². The van der Waals surface area contributed by atoms with Crippen LogP contribution in [0, 0.1) is 6.92 Å². The molecule has 0 atom stereocenters. The Bertz CT molecular complexity index is 1720. The molecule has 0 unspecified atom stereocenters. The summed E-state index contributed by atoms with van der Waals surface area (Å²) in [6.45, 7) is 3.93. The molecule has 2 aliphatic heterocycles. The van der Waals surface area contributed by atoms with Crippen LogP contribution < -0.4 is 4.90 Å². The van der Waals surface area contributed by atoms with E-state index < -0.39 is 0 Å². The first kappa shape index (κ1) is 24.3. The van der Waals surface area contributed by atoms with Crippen LogP contribution in [0.3, 0.4) is 0 Å². The fourth-order valence-corrected chi connectivity index (χ4v) is 7.78. The van der Waals surface area contributed by atoms with E-state index in [4.69, 9.17) is 4.74 Å². The van der Waals surface area contributed by atoms with Crippen molar-refractivity contribution in [1.29, 1.82) is 0 Å². The van der Waals surface area contributed by atoms with Crippen molar-refractivity contribution < 1.29 is 4.74 Å². The van der Waals surface area contributed by atoms with Crippen LogP contribution in [0.25, 0.3) is 32.9 Å². The zero-order chi connectivity index (χ0) is 26.6. The number of nitrogens with zero attached hydrogens (tertiary/aromatic N) is 2. The smallest absolute Gasteiger partial charge is 0.0496 e. The first-order chi connectivity index (χ1) is 19.7. The highest BCUT2D eigenvalue weighted by Crippen LogP contribution is 2.44. The standard InChI is InChI=1S/C37H38N2O/c1-25-11-14-32-33-24-27(13-16-36(33)39(37(32)21-25)30-8-3-2-4-9-30)26-12-15-35-29(22-26)23-28-7-5-6-10-34(28)38(35)31-17-19-40-20-18-31/h5-7,10-16,21-22,24,30-31H,2-4,8-9,17-20,23H2,1H3. The Hall–Kier alpha value is -3.56. The second kappa shape index (κ2) is 9.82. The van der Waals surface area contributed by atoms with Crippen LogP contribution in [0.5, 0.6) is 0 Å². The number of para-hydroxylation sites is 1. The van der Waals surface area contributed by atoms with Gasteiger partial charge in [-0.05, 0) is 96.8 Å². The summed E-state index contributed by atoms with van der Waals surface area (Å²) in [4.78, 5) is 2.61.